The molecule has 1 rings (SSSR count). The summed E-state index contributed by atoms with van der Waals surface area (Å²) in [6.07, 6.45) is 0. The molecular weight excluding hydrogens is 284 g/mol. The summed E-state index contributed by atoms with van der Waals surface area (Å²) in [4.78, 5) is 11.9. The fourth-order valence-corrected chi connectivity index (χ4v) is 1.57. The van der Waals surface area contributed by atoms with Crippen molar-refractivity contribution in [2.75, 3.05) is 5.32 Å². The molecule has 0 radical (unpaired) electrons. The number of phenols is 1. The minimum atomic E-state index is -0.638. The molecule has 0 aliphatic rings. The van der Waals surface area contributed by atoms with E-state index in [2.05, 4.69) is 21.2 Å². The van der Waals surface area contributed by atoms with Crippen LogP contribution < -0.4 is 11.1 Å². The third-order valence-corrected chi connectivity index (χ3v) is 2.93. The van der Waals surface area contributed by atoms with Crippen molar-refractivity contribution in [3.05, 3.63) is 22.7 Å². The molecule has 0 bridgehead atoms. The number of nitrogens with two attached hydrogens (primary N) is 1. The lowest BCUT2D eigenvalue weighted by molar-refractivity contribution is -0.119. The summed E-state index contributed by atoms with van der Waals surface area (Å²) in [6, 6.07) is 4.18. The van der Waals surface area contributed by atoms with E-state index in [1.54, 1.807) is 12.1 Å². The van der Waals surface area contributed by atoms with Gasteiger partial charge in [0, 0.05) is 4.47 Å². The lowest BCUT2D eigenvalue weighted by Gasteiger charge is -2.25. The topological polar surface area (TPSA) is 75.4 Å². The molecule has 0 spiro atoms. The van der Waals surface area contributed by atoms with E-state index in [9.17, 15) is 9.90 Å². The van der Waals surface area contributed by atoms with Gasteiger partial charge >= 0.3 is 0 Å². The number of halogens is 1. The molecule has 0 saturated carbocycles. The maximum atomic E-state index is 11.9. The fourth-order valence-electron chi connectivity index (χ4n) is 1.21. The molecule has 0 aromatic heterocycles. The molecule has 0 saturated heterocycles. The molecule has 17 heavy (non-hydrogen) atoms. The second-order valence-corrected chi connectivity index (χ2v) is 5.91. The largest absolute Gasteiger partial charge is 0.506 e. The van der Waals surface area contributed by atoms with Crippen molar-refractivity contribution in [1.82, 2.24) is 0 Å². The van der Waals surface area contributed by atoms with Crippen molar-refractivity contribution in [3.63, 3.8) is 0 Å². The van der Waals surface area contributed by atoms with E-state index in [-0.39, 0.29) is 17.1 Å². The summed E-state index contributed by atoms with van der Waals surface area (Å²) in [7, 11) is 0. The van der Waals surface area contributed by atoms with Gasteiger partial charge in [0.25, 0.3) is 0 Å². The van der Waals surface area contributed by atoms with Gasteiger partial charge in [0.05, 0.1) is 11.7 Å². The molecule has 1 aromatic carbocycles. The van der Waals surface area contributed by atoms with Crippen LogP contribution in [-0.2, 0) is 4.79 Å². The molecule has 0 aliphatic carbocycles. The third kappa shape index (κ3) is 3.71. The van der Waals surface area contributed by atoms with Crippen LogP contribution in [-0.4, -0.2) is 17.1 Å². The van der Waals surface area contributed by atoms with Gasteiger partial charge in [-0.25, -0.2) is 0 Å². The molecule has 0 aliphatic heterocycles. The predicted molar refractivity (Wildman–Crippen MR) is 71.9 cm³/mol. The van der Waals surface area contributed by atoms with Gasteiger partial charge in [0.2, 0.25) is 5.91 Å². The molecule has 1 amide bonds. The van der Waals surface area contributed by atoms with E-state index in [4.69, 9.17) is 5.73 Å². The standard InChI is InChI=1S/C12H17BrN2O2/c1-12(2,3)10(14)11(17)15-8-6-7(13)4-5-9(8)16/h4-6,10,16H,14H2,1-3H3,(H,15,17)/t10-/m0/s1. The van der Waals surface area contributed by atoms with E-state index in [0.29, 0.717) is 5.69 Å². The third-order valence-electron chi connectivity index (χ3n) is 2.43. The number of hydrogen-bond donors (Lipinski definition) is 3. The highest BCUT2D eigenvalue weighted by Gasteiger charge is 2.27. The van der Waals surface area contributed by atoms with Crippen LogP contribution in [0.3, 0.4) is 0 Å². The van der Waals surface area contributed by atoms with Crippen molar-refractivity contribution in [3.8, 4) is 5.75 Å². The number of rotatable bonds is 2. The van der Waals surface area contributed by atoms with Gasteiger partial charge in [-0.3, -0.25) is 4.79 Å². The first-order valence-corrected chi connectivity index (χ1v) is 6.06. The molecule has 0 fully saturated rings. The lowest BCUT2D eigenvalue weighted by atomic mass is 9.87. The van der Waals surface area contributed by atoms with Crippen LogP contribution in [0, 0.1) is 5.41 Å². The first-order valence-electron chi connectivity index (χ1n) is 5.27. The number of carbonyl (C=O) groups excluding carboxylic acids is 1. The van der Waals surface area contributed by atoms with E-state index >= 15 is 0 Å². The second-order valence-electron chi connectivity index (χ2n) is 4.99. The first kappa shape index (κ1) is 14.0. The molecule has 1 aromatic rings. The van der Waals surface area contributed by atoms with Gasteiger partial charge in [0.15, 0.2) is 0 Å². The molecule has 5 heteroatoms. The summed E-state index contributed by atoms with van der Waals surface area (Å²) >= 11 is 3.27. The number of aromatic hydroxyl groups is 1. The van der Waals surface area contributed by atoms with E-state index in [1.165, 1.54) is 6.07 Å². The number of phenolic OH excluding ortho intramolecular Hbond substituents is 1. The predicted octanol–water partition coefficient (Wildman–Crippen LogP) is 2.47. The lowest BCUT2D eigenvalue weighted by Crippen LogP contribution is -2.45. The highest BCUT2D eigenvalue weighted by molar-refractivity contribution is 9.10. The Morgan fingerprint density at radius 2 is 2.06 bits per heavy atom. The van der Waals surface area contributed by atoms with E-state index < -0.39 is 6.04 Å². The van der Waals surface area contributed by atoms with Gasteiger partial charge in [-0.1, -0.05) is 36.7 Å². The molecule has 4 N–H and O–H groups in total. The Morgan fingerprint density at radius 1 is 1.47 bits per heavy atom. The van der Waals surface area contributed by atoms with Crippen LogP contribution >= 0.6 is 15.9 Å². The van der Waals surface area contributed by atoms with Crippen LogP contribution in [0.5, 0.6) is 5.75 Å². The molecule has 4 nitrogen and oxygen atoms in total. The monoisotopic (exact) mass is 300 g/mol. The van der Waals surface area contributed by atoms with Crippen molar-refractivity contribution < 1.29 is 9.90 Å². The molecule has 0 unspecified atom stereocenters. The number of anilines is 1. The maximum Gasteiger partial charge on any atom is 0.241 e. The van der Waals surface area contributed by atoms with Crippen molar-refractivity contribution in [2.24, 2.45) is 11.1 Å². The van der Waals surface area contributed by atoms with Crippen LogP contribution in [0.15, 0.2) is 22.7 Å². The highest BCUT2D eigenvalue weighted by atomic mass is 79.9. The Balaban J connectivity index is 2.85. The smallest absolute Gasteiger partial charge is 0.241 e. The normalized spacial score (nSPS) is 13.2. The van der Waals surface area contributed by atoms with Crippen molar-refractivity contribution >= 4 is 27.5 Å². The molecule has 1 atom stereocenters. The van der Waals surface area contributed by atoms with Gasteiger partial charge in [-0.2, -0.15) is 0 Å². The van der Waals surface area contributed by atoms with Crippen molar-refractivity contribution in [1.29, 1.82) is 0 Å². The van der Waals surface area contributed by atoms with Gasteiger partial charge in [-0.05, 0) is 23.6 Å². The molecule has 94 valence electrons. The van der Waals surface area contributed by atoms with Crippen LogP contribution in [0.1, 0.15) is 20.8 Å². The zero-order chi connectivity index (χ0) is 13.2. The van der Waals surface area contributed by atoms with Crippen molar-refractivity contribution in [2.45, 2.75) is 26.8 Å². The second kappa shape index (κ2) is 5.06. The molecule has 0 heterocycles. The SMILES string of the molecule is CC(C)(C)[C@@H](N)C(=O)Nc1cc(Br)ccc1O. The Bertz CT molecular complexity index is 427. The quantitative estimate of drug-likeness (QED) is 0.735. The van der Waals surface area contributed by atoms with E-state index in [1.807, 2.05) is 20.8 Å². The van der Waals surface area contributed by atoms with Crippen LogP contribution in [0.25, 0.3) is 0 Å². The van der Waals surface area contributed by atoms with Crippen LogP contribution in [0.2, 0.25) is 0 Å². The maximum absolute atomic E-state index is 11.9. The van der Waals surface area contributed by atoms with Crippen LogP contribution in [0.4, 0.5) is 5.69 Å². The zero-order valence-corrected chi connectivity index (χ0v) is 11.7. The Morgan fingerprint density at radius 3 is 2.59 bits per heavy atom. The first-order chi connectivity index (χ1) is 7.71. The zero-order valence-electron chi connectivity index (χ0n) is 10.1. The number of hydrogen-bond acceptors (Lipinski definition) is 3. The highest BCUT2D eigenvalue weighted by Crippen LogP contribution is 2.27. The molecular formula is C12H17BrN2O2. The Labute approximate surface area is 109 Å². The number of nitrogens with one attached hydrogen (secondary N) is 1. The average Bonchev–Trinajstić information content (AvgIpc) is 2.21. The number of benzene rings is 1. The summed E-state index contributed by atoms with van der Waals surface area (Å²) in [5.74, 6) is -0.298. The Hall–Kier alpha value is -1.07. The minimum Gasteiger partial charge on any atom is -0.506 e. The van der Waals surface area contributed by atoms with Gasteiger partial charge in [-0.15, -0.1) is 0 Å². The summed E-state index contributed by atoms with van der Waals surface area (Å²) in [5.41, 5.74) is 5.85. The number of amides is 1. The van der Waals surface area contributed by atoms with Gasteiger partial charge in [0.1, 0.15) is 5.75 Å². The summed E-state index contributed by atoms with van der Waals surface area (Å²) < 4.78 is 0.773. The number of carbonyl (C=O) groups is 1. The summed E-state index contributed by atoms with van der Waals surface area (Å²) in [6.45, 7) is 5.66. The van der Waals surface area contributed by atoms with E-state index in [0.717, 1.165) is 4.47 Å². The Kier molecular flexibility index (Phi) is 4.16. The average molecular weight is 301 g/mol. The summed E-state index contributed by atoms with van der Waals surface area (Å²) in [5, 5.41) is 12.2. The van der Waals surface area contributed by atoms with Gasteiger partial charge < -0.3 is 16.2 Å². The minimum absolute atomic E-state index is 0.0164. The fraction of sp³-hybridized carbons (Fsp3) is 0.417.